The van der Waals surface area contributed by atoms with Crippen LogP contribution in [0.2, 0.25) is 0 Å². The predicted molar refractivity (Wildman–Crippen MR) is 108 cm³/mol. The van der Waals surface area contributed by atoms with Crippen LogP contribution in [0.1, 0.15) is 5.56 Å². The van der Waals surface area contributed by atoms with Gasteiger partial charge in [-0.1, -0.05) is 35.9 Å². The Bertz CT molecular complexity index is 1050. The number of aryl methyl sites for hydroxylation is 1. The summed E-state index contributed by atoms with van der Waals surface area (Å²) in [5, 5.41) is 0. The molecule has 0 bridgehead atoms. The average molecular weight is 358 g/mol. The summed E-state index contributed by atoms with van der Waals surface area (Å²) in [6.07, 6.45) is 0. The largest absolute Gasteiger partial charge is 0.497 e. The van der Waals surface area contributed by atoms with Crippen molar-refractivity contribution in [3.63, 3.8) is 0 Å². The number of hydrogen-bond donors (Lipinski definition) is 0. The highest BCUT2D eigenvalue weighted by Crippen LogP contribution is 2.25. The van der Waals surface area contributed by atoms with Crippen LogP contribution in [0.5, 0.6) is 11.5 Å². The molecule has 4 nitrogen and oxygen atoms in total. The molecule has 0 unspecified atom stereocenters. The molecule has 0 saturated heterocycles. The van der Waals surface area contributed by atoms with Crippen LogP contribution in [-0.4, -0.2) is 23.3 Å². The topological polar surface area (TPSA) is 36.3 Å². The van der Waals surface area contributed by atoms with E-state index in [1.165, 1.54) is 5.56 Å². The Kier molecular flexibility index (Phi) is 4.79. The Morgan fingerprint density at radius 1 is 0.889 bits per heavy atom. The zero-order chi connectivity index (χ0) is 18.6. The molecule has 3 aromatic carbocycles. The van der Waals surface area contributed by atoms with Crippen molar-refractivity contribution in [2.75, 3.05) is 13.7 Å². The summed E-state index contributed by atoms with van der Waals surface area (Å²) < 4.78 is 13.4. The summed E-state index contributed by atoms with van der Waals surface area (Å²) in [5.41, 5.74) is 4.46. The van der Waals surface area contributed by atoms with Crippen LogP contribution in [0.3, 0.4) is 0 Å². The second kappa shape index (κ2) is 7.54. The molecule has 0 aliphatic heterocycles. The Morgan fingerprint density at radius 2 is 1.67 bits per heavy atom. The first kappa shape index (κ1) is 17.2. The first-order valence-electron chi connectivity index (χ1n) is 9.04. The smallest absolute Gasteiger partial charge is 0.141 e. The van der Waals surface area contributed by atoms with Crippen molar-refractivity contribution in [3.05, 3.63) is 78.4 Å². The van der Waals surface area contributed by atoms with Crippen LogP contribution in [-0.2, 0) is 6.54 Å². The zero-order valence-electron chi connectivity index (χ0n) is 15.6. The van der Waals surface area contributed by atoms with E-state index in [0.717, 1.165) is 40.5 Å². The van der Waals surface area contributed by atoms with Crippen LogP contribution in [0, 0.1) is 6.92 Å². The molecule has 27 heavy (non-hydrogen) atoms. The zero-order valence-corrected chi connectivity index (χ0v) is 15.6. The van der Waals surface area contributed by atoms with Crippen molar-refractivity contribution in [1.82, 2.24) is 9.55 Å². The lowest BCUT2D eigenvalue weighted by atomic mass is 10.1. The van der Waals surface area contributed by atoms with Gasteiger partial charge in [0.2, 0.25) is 0 Å². The standard InChI is InChI=1S/C23H22N2O2/c1-17-6-5-7-18(16-17)23-24-21-8-3-4-9-22(21)25(23)14-15-27-20-12-10-19(26-2)11-13-20/h3-13,16H,14-15H2,1-2H3. The maximum atomic E-state index is 5.94. The first-order chi connectivity index (χ1) is 13.2. The van der Waals surface area contributed by atoms with Crippen molar-refractivity contribution >= 4 is 11.0 Å². The Morgan fingerprint density at radius 3 is 2.44 bits per heavy atom. The minimum atomic E-state index is 0.561. The molecule has 0 spiro atoms. The van der Waals surface area contributed by atoms with Gasteiger partial charge in [-0.3, -0.25) is 0 Å². The van der Waals surface area contributed by atoms with Crippen molar-refractivity contribution in [3.8, 4) is 22.9 Å². The second-order valence-corrected chi connectivity index (χ2v) is 6.47. The average Bonchev–Trinajstić information content (AvgIpc) is 3.07. The van der Waals surface area contributed by atoms with Gasteiger partial charge < -0.3 is 14.0 Å². The molecule has 0 N–H and O–H groups in total. The molecule has 0 aliphatic rings. The first-order valence-corrected chi connectivity index (χ1v) is 9.04. The fourth-order valence-electron chi connectivity index (χ4n) is 3.23. The highest BCUT2D eigenvalue weighted by molar-refractivity contribution is 5.80. The number of aromatic nitrogens is 2. The molecule has 4 heteroatoms. The Balaban J connectivity index is 1.60. The SMILES string of the molecule is COc1ccc(OCCn2c(-c3cccc(C)c3)nc3ccccc32)cc1. The van der Waals surface area contributed by atoms with Gasteiger partial charge in [0.05, 0.1) is 24.7 Å². The lowest BCUT2D eigenvalue weighted by Crippen LogP contribution is -2.09. The van der Waals surface area contributed by atoms with Crippen molar-refractivity contribution in [1.29, 1.82) is 0 Å². The molecule has 0 fully saturated rings. The normalized spacial score (nSPS) is 10.9. The number of para-hydroxylation sites is 2. The number of methoxy groups -OCH3 is 1. The minimum absolute atomic E-state index is 0.561. The van der Waals surface area contributed by atoms with E-state index in [4.69, 9.17) is 14.5 Å². The molecule has 0 atom stereocenters. The van der Waals surface area contributed by atoms with E-state index in [9.17, 15) is 0 Å². The Labute approximate surface area is 159 Å². The maximum Gasteiger partial charge on any atom is 0.141 e. The maximum absolute atomic E-state index is 5.94. The highest BCUT2D eigenvalue weighted by Gasteiger charge is 2.12. The van der Waals surface area contributed by atoms with Gasteiger partial charge in [0.25, 0.3) is 0 Å². The molecule has 0 radical (unpaired) electrons. The highest BCUT2D eigenvalue weighted by atomic mass is 16.5. The lowest BCUT2D eigenvalue weighted by molar-refractivity contribution is 0.300. The number of fused-ring (bicyclic) bond motifs is 1. The molecule has 4 rings (SSSR count). The van der Waals surface area contributed by atoms with Gasteiger partial charge >= 0.3 is 0 Å². The fourth-order valence-corrected chi connectivity index (χ4v) is 3.23. The third kappa shape index (κ3) is 3.65. The van der Waals surface area contributed by atoms with Gasteiger partial charge in [0.1, 0.15) is 23.9 Å². The summed E-state index contributed by atoms with van der Waals surface area (Å²) in [6, 6.07) is 24.3. The molecular weight excluding hydrogens is 336 g/mol. The van der Waals surface area contributed by atoms with Crippen molar-refractivity contribution in [2.24, 2.45) is 0 Å². The number of benzene rings is 3. The number of ether oxygens (including phenoxy) is 2. The van der Waals surface area contributed by atoms with E-state index in [1.54, 1.807) is 7.11 Å². The molecule has 0 saturated carbocycles. The van der Waals surface area contributed by atoms with Crippen LogP contribution in [0.25, 0.3) is 22.4 Å². The number of hydrogen-bond acceptors (Lipinski definition) is 3. The number of nitrogens with zero attached hydrogens (tertiary/aromatic N) is 2. The monoisotopic (exact) mass is 358 g/mol. The van der Waals surface area contributed by atoms with Gasteiger partial charge in [0, 0.05) is 5.56 Å². The van der Waals surface area contributed by atoms with Crippen LogP contribution < -0.4 is 9.47 Å². The molecule has 4 aromatic rings. The third-order valence-electron chi connectivity index (χ3n) is 4.57. The van der Waals surface area contributed by atoms with E-state index in [0.29, 0.717) is 6.61 Å². The van der Waals surface area contributed by atoms with Gasteiger partial charge in [-0.2, -0.15) is 0 Å². The van der Waals surface area contributed by atoms with Gasteiger partial charge in [-0.05, 0) is 49.4 Å². The van der Waals surface area contributed by atoms with Crippen LogP contribution in [0.15, 0.2) is 72.8 Å². The summed E-state index contributed by atoms with van der Waals surface area (Å²) in [6.45, 7) is 3.38. The fraction of sp³-hybridized carbons (Fsp3) is 0.174. The molecule has 136 valence electrons. The minimum Gasteiger partial charge on any atom is -0.497 e. The summed E-state index contributed by atoms with van der Waals surface area (Å²) in [5.74, 6) is 2.63. The molecule has 1 heterocycles. The summed E-state index contributed by atoms with van der Waals surface area (Å²) in [4.78, 5) is 4.86. The van der Waals surface area contributed by atoms with Gasteiger partial charge in [0.15, 0.2) is 0 Å². The van der Waals surface area contributed by atoms with Crippen LogP contribution in [0.4, 0.5) is 0 Å². The van der Waals surface area contributed by atoms with Crippen molar-refractivity contribution in [2.45, 2.75) is 13.5 Å². The van der Waals surface area contributed by atoms with E-state index < -0.39 is 0 Å². The lowest BCUT2D eigenvalue weighted by Gasteiger charge is -2.11. The molecule has 0 aliphatic carbocycles. The summed E-state index contributed by atoms with van der Waals surface area (Å²) >= 11 is 0. The Hall–Kier alpha value is -3.27. The van der Waals surface area contributed by atoms with Crippen molar-refractivity contribution < 1.29 is 9.47 Å². The van der Waals surface area contributed by atoms with Gasteiger partial charge in [-0.15, -0.1) is 0 Å². The predicted octanol–water partition coefficient (Wildman–Crippen LogP) is 5.10. The number of imidazole rings is 1. The molecular formula is C23H22N2O2. The second-order valence-electron chi connectivity index (χ2n) is 6.47. The van der Waals surface area contributed by atoms with Gasteiger partial charge in [-0.25, -0.2) is 4.98 Å². The summed E-state index contributed by atoms with van der Waals surface area (Å²) in [7, 11) is 1.66. The number of rotatable bonds is 6. The molecule has 0 amide bonds. The van der Waals surface area contributed by atoms with E-state index in [-0.39, 0.29) is 0 Å². The van der Waals surface area contributed by atoms with E-state index >= 15 is 0 Å². The third-order valence-corrected chi connectivity index (χ3v) is 4.57. The quantitative estimate of drug-likeness (QED) is 0.481. The van der Waals surface area contributed by atoms with E-state index in [2.05, 4.69) is 47.9 Å². The van der Waals surface area contributed by atoms with Crippen LogP contribution >= 0.6 is 0 Å². The molecule has 1 aromatic heterocycles. The van der Waals surface area contributed by atoms with E-state index in [1.807, 2.05) is 36.4 Å².